The fourth-order valence-corrected chi connectivity index (χ4v) is 2.78. The van der Waals surface area contributed by atoms with Crippen LogP contribution in [-0.2, 0) is 11.3 Å². The van der Waals surface area contributed by atoms with Gasteiger partial charge in [-0.25, -0.2) is 4.68 Å². The van der Waals surface area contributed by atoms with E-state index in [1.807, 2.05) is 16.8 Å². The second-order valence-corrected chi connectivity index (χ2v) is 5.99. The lowest BCUT2D eigenvalue weighted by Crippen LogP contribution is -2.45. The highest BCUT2D eigenvalue weighted by atomic mass is 16.5. The van der Waals surface area contributed by atoms with Crippen LogP contribution in [0.5, 0.6) is 0 Å². The van der Waals surface area contributed by atoms with Crippen LogP contribution < -0.4 is 5.32 Å². The molecule has 3 heterocycles. The van der Waals surface area contributed by atoms with Crippen molar-refractivity contribution in [2.75, 3.05) is 31.6 Å². The molecule has 0 spiro atoms. The van der Waals surface area contributed by atoms with Crippen molar-refractivity contribution in [3.63, 3.8) is 0 Å². The van der Waals surface area contributed by atoms with Crippen LogP contribution in [0, 0.1) is 0 Å². The van der Waals surface area contributed by atoms with E-state index >= 15 is 0 Å². The molecule has 0 aromatic carbocycles. The highest BCUT2D eigenvalue weighted by molar-refractivity contribution is 5.31. The van der Waals surface area contributed by atoms with Crippen LogP contribution in [0.15, 0.2) is 18.3 Å². The third-order valence-corrected chi connectivity index (χ3v) is 4.12. The number of rotatable bonds is 6. The van der Waals surface area contributed by atoms with Crippen molar-refractivity contribution < 1.29 is 4.74 Å². The summed E-state index contributed by atoms with van der Waals surface area (Å²) in [5, 5.41) is 23.2. The Kier molecular flexibility index (Phi) is 4.12. The normalized spacial score (nSPS) is 22.2. The minimum Gasteiger partial charge on any atom is -0.374 e. The molecule has 9 nitrogen and oxygen atoms in total. The lowest BCUT2D eigenvalue weighted by atomic mass is 10.2. The smallest absolute Gasteiger partial charge is 0.165 e. The number of hydrogen-bond acceptors (Lipinski definition) is 8. The Labute approximate surface area is 134 Å². The average molecular weight is 316 g/mol. The molecule has 0 amide bonds. The minimum absolute atomic E-state index is 0.121. The molecule has 2 aromatic heterocycles. The van der Waals surface area contributed by atoms with Crippen molar-refractivity contribution in [1.82, 2.24) is 35.3 Å². The van der Waals surface area contributed by atoms with Crippen LogP contribution in [-0.4, -0.2) is 67.6 Å². The topological polar surface area (TPSA) is 93.9 Å². The number of nitrogens with one attached hydrogen (secondary N) is 1. The predicted octanol–water partition coefficient (Wildman–Crippen LogP) is 0.111. The number of ether oxygens (including phenoxy) is 1. The summed E-state index contributed by atoms with van der Waals surface area (Å²) in [5.41, 5.74) is 0. The van der Waals surface area contributed by atoms with Gasteiger partial charge in [0.2, 0.25) is 0 Å². The first kappa shape index (κ1) is 14.5. The zero-order valence-corrected chi connectivity index (χ0v) is 12.9. The average Bonchev–Trinajstić information content (AvgIpc) is 3.34. The van der Waals surface area contributed by atoms with Gasteiger partial charge in [0.1, 0.15) is 5.82 Å². The van der Waals surface area contributed by atoms with Gasteiger partial charge < -0.3 is 10.1 Å². The molecule has 9 heteroatoms. The van der Waals surface area contributed by atoms with Gasteiger partial charge in [-0.3, -0.25) is 4.90 Å². The van der Waals surface area contributed by atoms with Crippen LogP contribution in [0.1, 0.15) is 24.7 Å². The first-order chi connectivity index (χ1) is 11.4. The molecule has 1 aliphatic heterocycles. The van der Waals surface area contributed by atoms with Crippen molar-refractivity contribution in [2.45, 2.75) is 31.5 Å². The van der Waals surface area contributed by atoms with Crippen LogP contribution >= 0.6 is 0 Å². The molecule has 122 valence electrons. The third-order valence-electron chi connectivity index (χ3n) is 4.12. The number of morpholine rings is 1. The Morgan fingerprint density at radius 2 is 2.26 bits per heavy atom. The summed E-state index contributed by atoms with van der Waals surface area (Å²) in [5.74, 6) is 1.72. The number of anilines is 1. The van der Waals surface area contributed by atoms with E-state index in [2.05, 4.69) is 35.9 Å². The Bertz CT molecular complexity index is 629. The minimum atomic E-state index is 0.121. The van der Waals surface area contributed by atoms with Crippen LogP contribution in [0.3, 0.4) is 0 Å². The van der Waals surface area contributed by atoms with Crippen molar-refractivity contribution in [3.8, 4) is 0 Å². The van der Waals surface area contributed by atoms with Crippen LogP contribution in [0.25, 0.3) is 0 Å². The summed E-state index contributed by atoms with van der Waals surface area (Å²) < 4.78 is 7.80. The third kappa shape index (κ3) is 3.62. The highest BCUT2D eigenvalue weighted by Gasteiger charge is 2.29. The zero-order chi connectivity index (χ0) is 15.5. The molecule has 0 bridgehead atoms. The summed E-state index contributed by atoms with van der Waals surface area (Å²) in [7, 11) is 0. The van der Waals surface area contributed by atoms with Gasteiger partial charge in [0.25, 0.3) is 0 Å². The van der Waals surface area contributed by atoms with Gasteiger partial charge in [0.05, 0.1) is 25.3 Å². The first-order valence-corrected chi connectivity index (χ1v) is 8.01. The van der Waals surface area contributed by atoms with E-state index in [9.17, 15) is 0 Å². The summed E-state index contributed by atoms with van der Waals surface area (Å²) in [4.78, 5) is 2.34. The summed E-state index contributed by atoms with van der Waals surface area (Å²) in [6.07, 6.45) is 4.15. The molecule has 1 N–H and O–H groups in total. The zero-order valence-electron chi connectivity index (χ0n) is 12.9. The van der Waals surface area contributed by atoms with E-state index < -0.39 is 0 Å². The van der Waals surface area contributed by atoms with E-state index in [0.717, 1.165) is 37.9 Å². The maximum Gasteiger partial charge on any atom is 0.165 e. The number of nitrogens with zero attached hydrogens (tertiary/aromatic N) is 7. The molecule has 2 fully saturated rings. The Hall–Kier alpha value is -2.13. The van der Waals surface area contributed by atoms with Gasteiger partial charge in [-0.1, -0.05) is 0 Å². The Morgan fingerprint density at radius 1 is 1.30 bits per heavy atom. The van der Waals surface area contributed by atoms with E-state index in [0.29, 0.717) is 12.6 Å². The summed E-state index contributed by atoms with van der Waals surface area (Å²) in [6.45, 7) is 3.96. The van der Waals surface area contributed by atoms with Gasteiger partial charge in [0, 0.05) is 25.8 Å². The number of aromatic nitrogens is 6. The molecule has 1 atom stereocenters. The SMILES string of the molecule is c1cnnc(NC[C@H]2CN(Cc3nnnn3C3CC3)CCO2)c1. The standard InChI is InChI=1S/C14H20N8O/c1-2-13(17-16-5-1)15-8-12-9-21(6-7-23-12)10-14-18-19-20-22(14)11-3-4-11/h1-2,5,11-12H,3-4,6-10H2,(H,15,17)/t12-/m0/s1. The molecule has 1 saturated heterocycles. The maximum absolute atomic E-state index is 5.83. The second-order valence-electron chi connectivity index (χ2n) is 5.99. The number of hydrogen-bond donors (Lipinski definition) is 1. The highest BCUT2D eigenvalue weighted by Crippen LogP contribution is 2.34. The lowest BCUT2D eigenvalue weighted by molar-refractivity contribution is -0.0252. The first-order valence-electron chi connectivity index (χ1n) is 8.01. The molecule has 0 unspecified atom stereocenters. The fraction of sp³-hybridized carbons (Fsp3) is 0.643. The van der Waals surface area contributed by atoms with Crippen molar-refractivity contribution in [3.05, 3.63) is 24.2 Å². The van der Waals surface area contributed by atoms with Gasteiger partial charge in [-0.05, 0) is 35.4 Å². The monoisotopic (exact) mass is 316 g/mol. The van der Waals surface area contributed by atoms with Crippen molar-refractivity contribution >= 4 is 5.82 Å². The van der Waals surface area contributed by atoms with E-state index in [4.69, 9.17) is 4.74 Å². The maximum atomic E-state index is 5.83. The van der Waals surface area contributed by atoms with Crippen molar-refractivity contribution in [1.29, 1.82) is 0 Å². The van der Waals surface area contributed by atoms with E-state index in [1.54, 1.807) is 6.20 Å². The summed E-state index contributed by atoms with van der Waals surface area (Å²) >= 11 is 0. The molecule has 23 heavy (non-hydrogen) atoms. The Balaban J connectivity index is 1.31. The quantitative estimate of drug-likeness (QED) is 0.802. The van der Waals surface area contributed by atoms with E-state index in [-0.39, 0.29) is 6.10 Å². The molecule has 0 radical (unpaired) electrons. The molecule has 4 rings (SSSR count). The molecule has 2 aromatic rings. The molecule has 1 saturated carbocycles. The summed E-state index contributed by atoms with van der Waals surface area (Å²) in [6, 6.07) is 4.27. The van der Waals surface area contributed by atoms with Gasteiger partial charge in [-0.15, -0.1) is 10.2 Å². The van der Waals surface area contributed by atoms with Gasteiger partial charge in [0.15, 0.2) is 5.82 Å². The largest absolute Gasteiger partial charge is 0.374 e. The van der Waals surface area contributed by atoms with Crippen LogP contribution in [0.4, 0.5) is 5.82 Å². The second kappa shape index (κ2) is 6.55. The molecular weight excluding hydrogens is 296 g/mol. The molecule has 1 aliphatic carbocycles. The number of tetrazole rings is 1. The fourth-order valence-electron chi connectivity index (χ4n) is 2.78. The predicted molar refractivity (Wildman–Crippen MR) is 81.6 cm³/mol. The Morgan fingerprint density at radius 3 is 3.09 bits per heavy atom. The molecular formula is C14H20N8O. The van der Waals surface area contributed by atoms with Crippen LogP contribution in [0.2, 0.25) is 0 Å². The van der Waals surface area contributed by atoms with Gasteiger partial charge in [-0.2, -0.15) is 5.10 Å². The lowest BCUT2D eigenvalue weighted by Gasteiger charge is -2.32. The van der Waals surface area contributed by atoms with E-state index in [1.165, 1.54) is 12.8 Å². The van der Waals surface area contributed by atoms with Gasteiger partial charge >= 0.3 is 0 Å². The van der Waals surface area contributed by atoms with Crippen molar-refractivity contribution in [2.24, 2.45) is 0 Å². The molecule has 2 aliphatic rings.